The van der Waals surface area contributed by atoms with Crippen molar-refractivity contribution >= 4 is 26.6 Å². The summed E-state index contributed by atoms with van der Waals surface area (Å²) in [5.74, 6) is 0.231. The van der Waals surface area contributed by atoms with Gasteiger partial charge in [0.2, 0.25) is 10.0 Å². The molecule has 0 fully saturated rings. The third kappa shape index (κ3) is 3.05. The second kappa shape index (κ2) is 6.45. The summed E-state index contributed by atoms with van der Waals surface area (Å²) in [5, 5.41) is 1.14. The number of rotatable bonds is 5. The Morgan fingerprint density at radius 2 is 2.13 bits per heavy atom. The van der Waals surface area contributed by atoms with E-state index in [1.165, 1.54) is 11.1 Å². The van der Waals surface area contributed by atoms with Gasteiger partial charge in [-0.3, -0.25) is 0 Å². The Balaban J connectivity index is 1.92. The molecule has 2 aromatic rings. The summed E-state index contributed by atoms with van der Waals surface area (Å²) in [6, 6.07) is 4.04. The number of pyridine rings is 1. The number of fused-ring (bicyclic) bond motifs is 1. The summed E-state index contributed by atoms with van der Waals surface area (Å²) in [6.45, 7) is 5.91. The van der Waals surface area contributed by atoms with Crippen LogP contribution in [-0.4, -0.2) is 41.1 Å². The highest BCUT2D eigenvalue weighted by Crippen LogP contribution is 2.30. The molecule has 0 aliphatic carbocycles. The Morgan fingerprint density at radius 1 is 1.30 bits per heavy atom. The molecular formula is C17H23N3O2S. The normalized spacial score (nSPS) is 16.7. The predicted molar refractivity (Wildman–Crippen MR) is 93.7 cm³/mol. The van der Waals surface area contributed by atoms with Crippen LogP contribution in [0.4, 0.5) is 0 Å². The van der Waals surface area contributed by atoms with E-state index < -0.39 is 10.0 Å². The summed E-state index contributed by atoms with van der Waals surface area (Å²) in [4.78, 5) is 4.48. The standard InChI is InChI=1S/C17H23N3O2S/c1-3-12-23(21,22)20-10-7-14(8-11-20)16-13-19(4-2)17-15(16)6-5-9-18-17/h5-7,9,13H,3-4,8,10-12H2,1-2H3. The molecule has 1 aliphatic rings. The zero-order valence-corrected chi connectivity index (χ0v) is 14.5. The Hall–Kier alpha value is -1.66. The van der Waals surface area contributed by atoms with Gasteiger partial charge >= 0.3 is 0 Å². The van der Waals surface area contributed by atoms with E-state index in [1.54, 1.807) is 4.31 Å². The molecule has 1 aliphatic heterocycles. The number of aromatic nitrogens is 2. The molecule has 0 saturated carbocycles. The maximum absolute atomic E-state index is 12.2. The van der Waals surface area contributed by atoms with Crippen molar-refractivity contribution in [2.75, 3.05) is 18.8 Å². The zero-order valence-electron chi connectivity index (χ0n) is 13.7. The Kier molecular flexibility index (Phi) is 4.55. The fraction of sp³-hybridized carbons (Fsp3) is 0.471. The van der Waals surface area contributed by atoms with Gasteiger partial charge in [-0.2, -0.15) is 4.31 Å². The second-order valence-electron chi connectivity index (χ2n) is 5.86. The van der Waals surface area contributed by atoms with E-state index >= 15 is 0 Å². The predicted octanol–water partition coefficient (Wildman–Crippen LogP) is 2.89. The van der Waals surface area contributed by atoms with Crippen LogP contribution in [0.5, 0.6) is 0 Å². The number of aryl methyl sites for hydroxylation is 1. The molecule has 6 heteroatoms. The summed E-state index contributed by atoms with van der Waals surface area (Å²) in [7, 11) is -3.11. The first kappa shape index (κ1) is 16.2. The molecule has 0 atom stereocenters. The van der Waals surface area contributed by atoms with Crippen molar-refractivity contribution in [3.8, 4) is 0 Å². The van der Waals surface area contributed by atoms with E-state index in [0.717, 1.165) is 24.0 Å². The summed E-state index contributed by atoms with van der Waals surface area (Å²) in [6.07, 6.45) is 7.41. The molecule has 23 heavy (non-hydrogen) atoms. The summed E-state index contributed by atoms with van der Waals surface area (Å²) < 4.78 is 28.1. The number of sulfonamides is 1. The first-order chi connectivity index (χ1) is 11.1. The minimum absolute atomic E-state index is 0.231. The lowest BCUT2D eigenvalue weighted by Gasteiger charge is -2.25. The van der Waals surface area contributed by atoms with Gasteiger partial charge in [-0.05, 0) is 37.5 Å². The van der Waals surface area contributed by atoms with Crippen LogP contribution in [0.1, 0.15) is 32.3 Å². The van der Waals surface area contributed by atoms with Gasteiger partial charge in [-0.25, -0.2) is 13.4 Å². The molecule has 2 aromatic heterocycles. The van der Waals surface area contributed by atoms with E-state index in [0.29, 0.717) is 19.5 Å². The van der Waals surface area contributed by atoms with Gasteiger partial charge in [0.25, 0.3) is 0 Å². The van der Waals surface area contributed by atoms with E-state index in [9.17, 15) is 8.42 Å². The van der Waals surface area contributed by atoms with Crippen LogP contribution in [-0.2, 0) is 16.6 Å². The summed E-state index contributed by atoms with van der Waals surface area (Å²) >= 11 is 0. The van der Waals surface area contributed by atoms with Crippen molar-refractivity contribution in [2.24, 2.45) is 0 Å². The van der Waals surface area contributed by atoms with E-state index in [2.05, 4.69) is 34.8 Å². The van der Waals surface area contributed by atoms with Crippen LogP contribution in [0.3, 0.4) is 0 Å². The molecule has 0 amide bonds. The van der Waals surface area contributed by atoms with Crippen molar-refractivity contribution in [3.05, 3.63) is 36.2 Å². The molecule has 3 heterocycles. The third-order valence-electron chi connectivity index (χ3n) is 4.35. The highest BCUT2D eigenvalue weighted by Gasteiger charge is 2.24. The van der Waals surface area contributed by atoms with Gasteiger partial charge in [0.15, 0.2) is 0 Å². The van der Waals surface area contributed by atoms with Crippen molar-refractivity contribution in [3.63, 3.8) is 0 Å². The topological polar surface area (TPSA) is 55.2 Å². The lowest BCUT2D eigenvalue weighted by atomic mass is 10.0. The average molecular weight is 333 g/mol. The highest BCUT2D eigenvalue weighted by atomic mass is 32.2. The van der Waals surface area contributed by atoms with E-state index in [4.69, 9.17) is 0 Å². The maximum atomic E-state index is 12.2. The summed E-state index contributed by atoms with van der Waals surface area (Å²) in [5.41, 5.74) is 3.40. The van der Waals surface area contributed by atoms with Gasteiger partial charge in [-0.1, -0.05) is 13.0 Å². The van der Waals surface area contributed by atoms with Gasteiger partial charge < -0.3 is 4.57 Å². The van der Waals surface area contributed by atoms with Gasteiger partial charge in [0.1, 0.15) is 5.65 Å². The second-order valence-corrected chi connectivity index (χ2v) is 7.95. The largest absolute Gasteiger partial charge is 0.332 e. The number of nitrogens with zero attached hydrogens (tertiary/aromatic N) is 3. The van der Waals surface area contributed by atoms with Crippen molar-refractivity contribution in [2.45, 2.75) is 33.2 Å². The molecule has 0 unspecified atom stereocenters. The zero-order chi connectivity index (χ0) is 16.4. The van der Waals surface area contributed by atoms with Gasteiger partial charge in [-0.15, -0.1) is 0 Å². The Bertz CT molecular complexity index is 837. The molecule has 5 nitrogen and oxygen atoms in total. The van der Waals surface area contributed by atoms with E-state index in [1.807, 2.05) is 19.2 Å². The molecule has 124 valence electrons. The first-order valence-corrected chi connectivity index (χ1v) is 9.78. The van der Waals surface area contributed by atoms with Crippen LogP contribution in [0.15, 0.2) is 30.6 Å². The van der Waals surface area contributed by atoms with Crippen LogP contribution < -0.4 is 0 Å². The third-order valence-corrected chi connectivity index (χ3v) is 6.39. The Labute approximate surface area is 137 Å². The minimum atomic E-state index is -3.11. The van der Waals surface area contributed by atoms with Crippen LogP contribution in [0, 0.1) is 0 Å². The highest BCUT2D eigenvalue weighted by molar-refractivity contribution is 7.89. The monoisotopic (exact) mass is 333 g/mol. The quantitative estimate of drug-likeness (QED) is 0.845. The lowest BCUT2D eigenvalue weighted by Crippen LogP contribution is -2.36. The van der Waals surface area contributed by atoms with Crippen LogP contribution in [0.2, 0.25) is 0 Å². The molecular weight excluding hydrogens is 310 g/mol. The fourth-order valence-corrected chi connectivity index (χ4v) is 4.60. The van der Waals surface area contributed by atoms with Gasteiger partial charge in [0.05, 0.1) is 5.75 Å². The average Bonchev–Trinajstić information content (AvgIpc) is 2.94. The fourth-order valence-electron chi connectivity index (χ4n) is 3.15. The van der Waals surface area contributed by atoms with Gasteiger partial charge in [0, 0.05) is 43.0 Å². The molecule has 3 rings (SSSR count). The van der Waals surface area contributed by atoms with Crippen LogP contribution in [0.25, 0.3) is 16.6 Å². The minimum Gasteiger partial charge on any atom is -0.332 e. The smallest absolute Gasteiger partial charge is 0.214 e. The first-order valence-electron chi connectivity index (χ1n) is 8.18. The van der Waals surface area contributed by atoms with Crippen molar-refractivity contribution in [1.82, 2.24) is 13.9 Å². The SMILES string of the molecule is CCCS(=O)(=O)N1CC=C(c2cn(CC)c3ncccc23)CC1. The molecule has 0 radical (unpaired) electrons. The van der Waals surface area contributed by atoms with Crippen molar-refractivity contribution in [1.29, 1.82) is 0 Å². The lowest BCUT2D eigenvalue weighted by molar-refractivity contribution is 0.441. The van der Waals surface area contributed by atoms with Crippen molar-refractivity contribution < 1.29 is 8.42 Å². The number of hydrogen-bond donors (Lipinski definition) is 0. The Morgan fingerprint density at radius 3 is 2.78 bits per heavy atom. The maximum Gasteiger partial charge on any atom is 0.214 e. The molecule has 0 N–H and O–H groups in total. The molecule has 0 bridgehead atoms. The molecule has 0 spiro atoms. The molecule has 0 aromatic carbocycles. The van der Waals surface area contributed by atoms with E-state index in [-0.39, 0.29) is 5.75 Å². The number of hydrogen-bond acceptors (Lipinski definition) is 3. The molecule has 0 saturated heterocycles. The van der Waals surface area contributed by atoms with Crippen LogP contribution >= 0.6 is 0 Å².